The van der Waals surface area contributed by atoms with Gasteiger partial charge in [0.25, 0.3) is 0 Å². The number of benzene rings is 2. The first-order valence-electron chi connectivity index (χ1n) is 10.2. The molecule has 2 aromatic heterocycles. The maximum Gasteiger partial charge on any atom is 0.187 e. The number of thiazole rings is 1. The van der Waals surface area contributed by atoms with Crippen LogP contribution in [0.2, 0.25) is 5.02 Å². The first-order chi connectivity index (χ1) is 15.4. The third-order valence-electron chi connectivity index (χ3n) is 4.57. The summed E-state index contributed by atoms with van der Waals surface area (Å²) in [6.45, 7) is 5.93. The minimum absolute atomic E-state index is 0.250. The van der Waals surface area contributed by atoms with Crippen LogP contribution >= 0.6 is 22.9 Å². The van der Waals surface area contributed by atoms with E-state index in [1.165, 1.54) is 10.4 Å². The van der Waals surface area contributed by atoms with Crippen molar-refractivity contribution in [1.82, 2.24) is 14.5 Å². The van der Waals surface area contributed by atoms with Gasteiger partial charge in [0.15, 0.2) is 5.13 Å². The van der Waals surface area contributed by atoms with Crippen LogP contribution in [0.3, 0.4) is 0 Å². The number of hydrogen-bond acceptors (Lipinski definition) is 6. The largest absolute Gasteiger partial charge is 0.494 e. The Kier molecular flexibility index (Phi) is 8.27. The van der Waals surface area contributed by atoms with Gasteiger partial charge < -0.3 is 19.7 Å². The molecular formula is C24H27ClN4O2S. The van der Waals surface area contributed by atoms with E-state index in [-0.39, 0.29) is 6.61 Å². The molecule has 0 aliphatic rings. The minimum atomic E-state index is 0.250. The first-order valence-corrected chi connectivity index (χ1v) is 11.4. The lowest BCUT2D eigenvalue weighted by molar-refractivity contribution is 0.318. The van der Waals surface area contributed by atoms with Crippen molar-refractivity contribution in [2.75, 3.05) is 19.0 Å². The van der Waals surface area contributed by atoms with Gasteiger partial charge in [0.05, 0.1) is 30.5 Å². The lowest BCUT2D eigenvalue weighted by Crippen LogP contribution is -1.97. The number of anilines is 2. The van der Waals surface area contributed by atoms with Gasteiger partial charge in [-0.15, -0.1) is 11.3 Å². The Morgan fingerprint density at radius 3 is 2.62 bits per heavy atom. The fourth-order valence-electron chi connectivity index (χ4n) is 3.12. The topological polar surface area (TPSA) is 72.2 Å². The summed E-state index contributed by atoms with van der Waals surface area (Å²) in [5, 5.41) is 12.6. The molecule has 0 aliphatic heterocycles. The number of aliphatic hydroxyl groups is 1. The van der Waals surface area contributed by atoms with Gasteiger partial charge in [0.1, 0.15) is 5.75 Å². The molecule has 0 bridgehead atoms. The smallest absolute Gasteiger partial charge is 0.187 e. The lowest BCUT2D eigenvalue weighted by Gasteiger charge is -2.11. The van der Waals surface area contributed by atoms with Gasteiger partial charge in [-0.05, 0) is 50.6 Å². The van der Waals surface area contributed by atoms with E-state index in [1.807, 2.05) is 61.0 Å². The fourth-order valence-corrected chi connectivity index (χ4v) is 4.35. The molecule has 0 saturated carbocycles. The molecule has 0 amide bonds. The molecule has 0 unspecified atom stereocenters. The van der Waals surface area contributed by atoms with E-state index in [0.29, 0.717) is 0 Å². The van der Waals surface area contributed by atoms with Crippen molar-refractivity contribution in [2.45, 2.75) is 27.2 Å². The number of halogens is 1. The highest BCUT2D eigenvalue weighted by molar-refractivity contribution is 7.15. The summed E-state index contributed by atoms with van der Waals surface area (Å²) in [4.78, 5) is 10.2. The Labute approximate surface area is 197 Å². The number of nitrogens with one attached hydrogen (secondary N) is 1. The second-order valence-electron chi connectivity index (χ2n) is 7.08. The zero-order valence-corrected chi connectivity index (χ0v) is 20.2. The molecule has 2 heterocycles. The quantitative estimate of drug-likeness (QED) is 0.365. The van der Waals surface area contributed by atoms with E-state index in [4.69, 9.17) is 21.4 Å². The van der Waals surface area contributed by atoms with Crippen LogP contribution in [0, 0.1) is 13.8 Å². The predicted molar refractivity (Wildman–Crippen MR) is 132 cm³/mol. The third-order valence-corrected chi connectivity index (χ3v) is 5.88. The molecule has 4 rings (SSSR count). The van der Waals surface area contributed by atoms with Crippen molar-refractivity contribution in [3.05, 3.63) is 81.8 Å². The predicted octanol–water partition coefficient (Wildman–Crippen LogP) is 5.94. The third kappa shape index (κ3) is 6.09. The lowest BCUT2D eigenvalue weighted by atomic mass is 10.1. The number of hydrogen-bond donors (Lipinski definition) is 2. The van der Waals surface area contributed by atoms with Crippen LogP contribution in [0.4, 0.5) is 10.8 Å². The van der Waals surface area contributed by atoms with Gasteiger partial charge in [-0.3, -0.25) is 0 Å². The Morgan fingerprint density at radius 2 is 1.97 bits per heavy atom. The van der Waals surface area contributed by atoms with E-state index in [1.54, 1.807) is 31.7 Å². The Bertz CT molecular complexity index is 1170. The number of aryl methyl sites for hydroxylation is 2. The van der Waals surface area contributed by atoms with Crippen molar-refractivity contribution in [1.29, 1.82) is 0 Å². The highest BCUT2D eigenvalue weighted by atomic mass is 35.5. The molecule has 6 nitrogen and oxygen atoms in total. The van der Waals surface area contributed by atoms with E-state index in [9.17, 15) is 0 Å². The van der Waals surface area contributed by atoms with E-state index in [0.717, 1.165) is 45.1 Å². The Balaban J connectivity index is 0.000000913. The number of imidazole rings is 1. The first kappa shape index (κ1) is 23.8. The molecule has 0 atom stereocenters. The Morgan fingerprint density at radius 1 is 1.19 bits per heavy atom. The summed E-state index contributed by atoms with van der Waals surface area (Å²) in [6.07, 6.45) is 4.57. The van der Waals surface area contributed by atoms with Crippen molar-refractivity contribution in [3.63, 3.8) is 0 Å². The summed E-state index contributed by atoms with van der Waals surface area (Å²) in [6, 6.07) is 13.9. The van der Waals surface area contributed by atoms with Gasteiger partial charge in [0.2, 0.25) is 0 Å². The summed E-state index contributed by atoms with van der Waals surface area (Å²) in [5.74, 6) is 0.764. The highest BCUT2D eigenvalue weighted by Gasteiger charge is 2.11. The van der Waals surface area contributed by atoms with Gasteiger partial charge in [-0.1, -0.05) is 23.7 Å². The van der Waals surface area contributed by atoms with Crippen molar-refractivity contribution < 1.29 is 9.84 Å². The molecule has 0 aliphatic carbocycles. The maximum absolute atomic E-state index is 7.57. The molecule has 32 heavy (non-hydrogen) atoms. The van der Waals surface area contributed by atoms with E-state index >= 15 is 0 Å². The van der Waals surface area contributed by atoms with E-state index < -0.39 is 0 Å². The molecule has 2 aromatic carbocycles. The molecule has 2 N–H and O–H groups in total. The van der Waals surface area contributed by atoms with Gasteiger partial charge >= 0.3 is 0 Å². The van der Waals surface area contributed by atoms with Crippen LogP contribution in [0.25, 0.3) is 5.69 Å². The van der Waals surface area contributed by atoms with Crippen molar-refractivity contribution >= 4 is 33.8 Å². The number of aliphatic hydroxyl groups excluding tert-OH is 1. The molecule has 0 fully saturated rings. The van der Waals surface area contributed by atoms with Gasteiger partial charge in [0, 0.05) is 40.9 Å². The second kappa shape index (κ2) is 11.1. The van der Waals surface area contributed by atoms with Crippen LogP contribution in [0.15, 0.2) is 55.0 Å². The second-order valence-corrected chi connectivity index (χ2v) is 8.60. The van der Waals surface area contributed by atoms with Crippen LogP contribution in [-0.2, 0) is 6.42 Å². The number of aromatic nitrogens is 3. The highest BCUT2D eigenvalue weighted by Crippen LogP contribution is 2.32. The SMILES string of the molecule is CCO.COc1cc(Nc2nc(C)c(Cc3cccc(Cl)c3)s2)ccc1-n1cnc(C)c1. The van der Waals surface area contributed by atoms with Crippen LogP contribution in [0.5, 0.6) is 5.75 Å². The number of methoxy groups -OCH3 is 1. The minimum Gasteiger partial charge on any atom is -0.494 e. The van der Waals surface area contributed by atoms with Gasteiger partial charge in [-0.25, -0.2) is 9.97 Å². The fraction of sp³-hybridized carbons (Fsp3) is 0.250. The van der Waals surface area contributed by atoms with Crippen LogP contribution in [0.1, 0.15) is 28.8 Å². The van der Waals surface area contributed by atoms with Gasteiger partial charge in [-0.2, -0.15) is 0 Å². The standard InChI is InChI=1S/C22H21ClN4OS.C2H6O/c1-14-12-27(13-24-14)19-8-7-18(11-20(19)28-3)26-22-25-15(2)21(29-22)10-16-5-4-6-17(23)9-16;1-2-3/h4-9,11-13H,10H2,1-3H3,(H,25,26);3H,2H2,1H3. The summed E-state index contributed by atoms with van der Waals surface area (Å²) >= 11 is 7.76. The molecule has 0 radical (unpaired) electrons. The van der Waals surface area contributed by atoms with Crippen molar-refractivity contribution in [2.24, 2.45) is 0 Å². The van der Waals surface area contributed by atoms with Crippen molar-refractivity contribution in [3.8, 4) is 11.4 Å². The number of ether oxygens (including phenoxy) is 1. The van der Waals surface area contributed by atoms with Crippen LogP contribution < -0.4 is 10.1 Å². The summed E-state index contributed by atoms with van der Waals surface area (Å²) in [7, 11) is 1.67. The molecule has 8 heteroatoms. The van der Waals surface area contributed by atoms with Crippen LogP contribution in [-0.4, -0.2) is 33.4 Å². The molecular weight excluding hydrogens is 444 g/mol. The Hall–Kier alpha value is -2.87. The zero-order chi connectivity index (χ0) is 23.1. The zero-order valence-electron chi connectivity index (χ0n) is 18.6. The summed E-state index contributed by atoms with van der Waals surface area (Å²) in [5.41, 5.74) is 5.02. The average Bonchev–Trinajstić information content (AvgIpc) is 3.34. The average molecular weight is 471 g/mol. The number of rotatable bonds is 6. The molecule has 4 aromatic rings. The normalized spacial score (nSPS) is 10.4. The maximum atomic E-state index is 7.57. The molecule has 0 saturated heterocycles. The van der Waals surface area contributed by atoms with E-state index in [2.05, 4.69) is 21.4 Å². The molecule has 168 valence electrons. The summed E-state index contributed by atoms with van der Waals surface area (Å²) < 4.78 is 7.54. The monoisotopic (exact) mass is 470 g/mol. The number of nitrogens with zero attached hydrogens (tertiary/aromatic N) is 3. The molecule has 0 spiro atoms.